The monoisotopic (exact) mass is 343 g/mol. The Morgan fingerprint density at radius 2 is 1.90 bits per heavy atom. The van der Waals surface area contributed by atoms with Gasteiger partial charge in [-0.05, 0) is 21.5 Å². The number of ether oxygens (including phenoxy) is 1. The van der Waals surface area contributed by atoms with E-state index in [4.69, 9.17) is 4.74 Å². The molecular formula is C13H8BrF2NO3. The summed E-state index contributed by atoms with van der Waals surface area (Å²) in [6.07, 6.45) is 0. The summed E-state index contributed by atoms with van der Waals surface area (Å²) in [6, 6.07) is 9.77. The number of halogens is 3. The molecule has 0 atom stereocenters. The predicted molar refractivity (Wildman–Crippen MR) is 71.5 cm³/mol. The van der Waals surface area contributed by atoms with Gasteiger partial charge in [-0.2, -0.15) is 8.78 Å². The maximum absolute atomic E-state index is 13.7. The summed E-state index contributed by atoms with van der Waals surface area (Å²) in [5.74, 6) is -2.70. The summed E-state index contributed by atoms with van der Waals surface area (Å²) in [4.78, 5) is 9.43. The largest absolute Gasteiger partial charge is 0.487 e. The second-order valence-corrected chi connectivity index (χ2v) is 4.66. The van der Waals surface area contributed by atoms with Crippen molar-refractivity contribution in [2.75, 3.05) is 0 Å². The first kappa shape index (κ1) is 14.4. The Hall–Kier alpha value is -2.02. The van der Waals surface area contributed by atoms with E-state index in [1.54, 1.807) is 24.3 Å². The Kier molecular flexibility index (Phi) is 4.29. The highest BCUT2D eigenvalue weighted by Gasteiger charge is 2.26. The molecule has 2 rings (SSSR count). The first-order chi connectivity index (χ1) is 9.50. The number of nitro benzene ring substituents is 1. The third kappa shape index (κ3) is 2.93. The Morgan fingerprint density at radius 3 is 2.50 bits per heavy atom. The molecule has 7 heteroatoms. The lowest BCUT2D eigenvalue weighted by Crippen LogP contribution is -2.02. The SMILES string of the molecule is O=[N+]([O-])c1c(F)cc(OCc2ccccc2)c(Br)c1F. The number of hydrogen-bond donors (Lipinski definition) is 0. The van der Waals surface area contributed by atoms with E-state index in [9.17, 15) is 18.9 Å². The fourth-order valence-electron chi connectivity index (χ4n) is 1.57. The second-order valence-electron chi connectivity index (χ2n) is 3.86. The molecule has 0 aliphatic heterocycles. The lowest BCUT2D eigenvalue weighted by Gasteiger charge is -2.09. The summed E-state index contributed by atoms with van der Waals surface area (Å²) >= 11 is 2.84. The summed E-state index contributed by atoms with van der Waals surface area (Å²) in [5.41, 5.74) is -0.400. The van der Waals surface area contributed by atoms with Gasteiger partial charge in [0.2, 0.25) is 11.6 Å². The standard InChI is InChI=1S/C13H8BrF2NO3/c14-11-10(20-7-8-4-2-1-3-5-8)6-9(15)13(12(11)16)17(18)19/h1-6H,7H2. The molecule has 0 N–H and O–H groups in total. The molecule has 0 heterocycles. The van der Waals surface area contributed by atoms with Crippen LogP contribution in [-0.2, 0) is 6.61 Å². The molecule has 0 radical (unpaired) electrons. The van der Waals surface area contributed by atoms with Crippen LogP contribution in [0.1, 0.15) is 5.56 Å². The van der Waals surface area contributed by atoms with Crippen molar-refractivity contribution in [3.8, 4) is 5.75 Å². The quantitative estimate of drug-likeness (QED) is 0.474. The molecule has 20 heavy (non-hydrogen) atoms. The van der Waals surface area contributed by atoms with E-state index >= 15 is 0 Å². The molecule has 0 amide bonds. The highest BCUT2D eigenvalue weighted by atomic mass is 79.9. The maximum atomic E-state index is 13.7. The van der Waals surface area contributed by atoms with E-state index in [2.05, 4.69) is 15.9 Å². The van der Waals surface area contributed by atoms with E-state index in [1.165, 1.54) is 0 Å². The van der Waals surface area contributed by atoms with Crippen LogP contribution in [0.5, 0.6) is 5.75 Å². The number of nitro groups is 1. The zero-order valence-corrected chi connectivity index (χ0v) is 11.6. The Labute approximate surface area is 121 Å². The van der Waals surface area contributed by atoms with Crippen LogP contribution in [0.15, 0.2) is 40.9 Å². The zero-order valence-electron chi connectivity index (χ0n) is 9.98. The van der Waals surface area contributed by atoms with E-state index in [0.717, 1.165) is 11.6 Å². The highest BCUT2D eigenvalue weighted by molar-refractivity contribution is 9.10. The van der Waals surface area contributed by atoms with Crippen LogP contribution >= 0.6 is 15.9 Å². The number of nitrogens with zero attached hydrogens (tertiary/aromatic N) is 1. The van der Waals surface area contributed by atoms with Crippen molar-refractivity contribution in [2.45, 2.75) is 6.61 Å². The van der Waals surface area contributed by atoms with Crippen molar-refractivity contribution in [1.29, 1.82) is 0 Å². The van der Waals surface area contributed by atoms with E-state index < -0.39 is 22.2 Å². The summed E-state index contributed by atoms with van der Waals surface area (Å²) < 4.78 is 32.2. The van der Waals surface area contributed by atoms with Crippen molar-refractivity contribution in [2.24, 2.45) is 0 Å². The number of hydrogen-bond acceptors (Lipinski definition) is 3. The Bertz CT molecular complexity index is 650. The van der Waals surface area contributed by atoms with Crippen LogP contribution in [0.3, 0.4) is 0 Å². The van der Waals surface area contributed by atoms with Gasteiger partial charge in [-0.25, -0.2) is 0 Å². The average Bonchev–Trinajstić information content (AvgIpc) is 2.42. The van der Waals surface area contributed by atoms with Gasteiger partial charge in [0.25, 0.3) is 0 Å². The minimum absolute atomic E-state index is 0.0934. The van der Waals surface area contributed by atoms with E-state index in [1.807, 2.05) is 6.07 Å². The normalized spacial score (nSPS) is 10.3. The smallest absolute Gasteiger partial charge is 0.341 e. The van der Waals surface area contributed by atoms with Gasteiger partial charge in [0.05, 0.1) is 4.92 Å². The molecule has 0 saturated heterocycles. The highest BCUT2D eigenvalue weighted by Crippen LogP contribution is 2.36. The van der Waals surface area contributed by atoms with Crippen LogP contribution in [0.4, 0.5) is 14.5 Å². The van der Waals surface area contributed by atoms with Gasteiger partial charge in [-0.15, -0.1) is 0 Å². The molecule has 0 bridgehead atoms. The topological polar surface area (TPSA) is 52.4 Å². The molecule has 2 aromatic rings. The zero-order chi connectivity index (χ0) is 14.7. The van der Waals surface area contributed by atoms with Crippen molar-refractivity contribution >= 4 is 21.6 Å². The summed E-state index contributed by atoms with van der Waals surface area (Å²) in [5, 5.41) is 10.5. The maximum Gasteiger partial charge on any atom is 0.341 e. The molecule has 0 unspecified atom stereocenters. The third-order valence-electron chi connectivity index (χ3n) is 2.52. The second kappa shape index (κ2) is 5.96. The average molecular weight is 344 g/mol. The van der Waals surface area contributed by atoms with Gasteiger partial charge in [-0.1, -0.05) is 30.3 Å². The first-order valence-corrected chi connectivity index (χ1v) is 6.28. The molecular weight excluding hydrogens is 336 g/mol. The van der Waals surface area contributed by atoms with Crippen molar-refractivity contribution in [1.82, 2.24) is 0 Å². The van der Waals surface area contributed by atoms with Gasteiger partial charge in [-0.3, -0.25) is 10.1 Å². The molecule has 0 aliphatic carbocycles. The minimum atomic E-state index is -1.29. The van der Waals surface area contributed by atoms with Crippen LogP contribution in [0.2, 0.25) is 0 Å². The van der Waals surface area contributed by atoms with Gasteiger partial charge >= 0.3 is 5.69 Å². The van der Waals surface area contributed by atoms with Crippen molar-refractivity contribution in [3.63, 3.8) is 0 Å². The molecule has 4 nitrogen and oxygen atoms in total. The van der Waals surface area contributed by atoms with E-state index in [0.29, 0.717) is 0 Å². The Morgan fingerprint density at radius 1 is 1.25 bits per heavy atom. The van der Waals surface area contributed by atoms with Crippen molar-refractivity contribution in [3.05, 3.63) is 68.2 Å². The fourth-order valence-corrected chi connectivity index (χ4v) is 1.99. The number of benzene rings is 2. The molecule has 104 valence electrons. The fraction of sp³-hybridized carbons (Fsp3) is 0.0769. The van der Waals surface area contributed by atoms with Crippen LogP contribution < -0.4 is 4.74 Å². The van der Waals surface area contributed by atoms with Crippen LogP contribution in [0, 0.1) is 21.7 Å². The lowest BCUT2D eigenvalue weighted by molar-refractivity contribution is -0.390. The first-order valence-electron chi connectivity index (χ1n) is 5.49. The predicted octanol–water partition coefficient (Wildman–Crippen LogP) is 4.21. The molecule has 0 fully saturated rings. The summed E-state index contributed by atoms with van der Waals surface area (Å²) in [6.45, 7) is 0.0934. The van der Waals surface area contributed by atoms with Gasteiger partial charge < -0.3 is 4.74 Å². The van der Waals surface area contributed by atoms with Crippen LogP contribution in [-0.4, -0.2) is 4.92 Å². The lowest BCUT2D eigenvalue weighted by atomic mass is 10.2. The van der Waals surface area contributed by atoms with Crippen LogP contribution in [0.25, 0.3) is 0 Å². The Balaban J connectivity index is 2.28. The molecule has 0 aromatic heterocycles. The molecule has 0 saturated carbocycles. The van der Waals surface area contributed by atoms with E-state index in [-0.39, 0.29) is 16.8 Å². The van der Waals surface area contributed by atoms with Gasteiger partial charge in [0.15, 0.2) is 0 Å². The minimum Gasteiger partial charge on any atom is -0.487 e. The third-order valence-corrected chi connectivity index (χ3v) is 3.26. The van der Waals surface area contributed by atoms with Gasteiger partial charge in [0, 0.05) is 6.07 Å². The molecule has 0 spiro atoms. The summed E-state index contributed by atoms with van der Waals surface area (Å²) in [7, 11) is 0. The molecule has 2 aromatic carbocycles. The number of rotatable bonds is 4. The molecule has 0 aliphatic rings. The van der Waals surface area contributed by atoms with Crippen molar-refractivity contribution < 1.29 is 18.4 Å². The van der Waals surface area contributed by atoms with Gasteiger partial charge in [0.1, 0.15) is 16.8 Å².